The minimum Gasteiger partial charge on any atom is -0.492 e. The standard InChI is InChI=1S/2C26H34F3N7O2/c2*1-18(33-13-15-34(16-14-33)19(2)37)17-38-22-5-3-20(4-6-22)21-9-11-35(12-10-21)24-8-7-23-30-31-25(26(27,28)29)36(23)32-24/h2*3-6,18,21H,7-17H2,1-2H3/t2*18-/m10/s1. The Hall–Kier alpha value is -6.30. The van der Waals surface area contributed by atoms with Gasteiger partial charge in [0.25, 0.3) is 11.6 Å². The third kappa shape index (κ3) is 13.1. The number of ether oxygens (including phenoxy) is 2. The van der Waals surface area contributed by atoms with Crippen LogP contribution in [0.3, 0.4) is 0 Å². The first-order valence-electron chi connectivity index (χ1n) is 26.5. The molecule has 4 aromatic rings. The van der Waals surface area contributed by atoms with Gasteiger partial charge in [-0.1, -0.05) is 24.3 Å². The maximum atomic E-state index is 13.2. The lowest BCUT2D eigenvalue weighted by molar-refractivity contribution is -0.148. The van der Waals surface area contributed by atoms with Gasteiger partial charge >= 0.3 is 12.4 Å². The van der Waals surface area contributed by atoms with E-state index in [0.717, 1.165) is 125 Å². The van der Waals surface area contributed by atoms with E-state index in [4.69, 9.17) is 9.47 Å². The van der Waals surface area contributed by atoms with Crippen molar-refractivity contribution in [1.29, 1.82) is 0 Å². The minimum absolute atomic E-state index is 0.132. The first kappa shape index (κ1) is 54.5. The molecule has 6 aliphatic heterocycles. The number of aryl methyl sites for hydroxylation is 2. The number of alkyl halides is 6. The monoisotopic (exact) mass is 1070 g/mol. The van der Waals surface area contributed by atoms with Crippen molar-refractivity contribution in [1.82, 2.24) is 59.1 Å². The summed E-state index contributed by atoms with van der Waals surface area (Å²) in [7, 11) is 0. The highest BCUT2D eigenvalue weighted by atomic mass is 19.4. The summed E-state index contributed by atoms with van der Waals surface area (Å²) in [5, 5.41) is 22.4. The molecule has 4 saturated heterocycles. The number of piperazine rings is 2. The van der Waals surface area contributed by atoms with Crippen LogP contribution in [0.5, 0.6) is 11.5 Å². The molecule has 6 aliphatic rings. The van der Waals surface area contributed by atoms with Crippen molar-refractivity contribution in [2.45, 2.75) is 115 Å². The Kier molecular flexibility index (Phi) is 16.9. The average molecular weight is 1070 g/mol. The van der Waals surface area contributed by atoms with E-state index in [-0.39, 0.29) is 35.5 Å². The van der Waals surface area contributed by atoms with Gasteiger partial charge in [0.15, 0.2) is 11.6 Å². The molecule has 2 atom stereocenters. The highest BCUT2D eigenvalue weighted by molar-refractivity contribution is 5.83. The number of benzene rings is 2. The number of likely N-dealkylation sites (tertiary alicyclic amines) is 2. The Morgan fingerprint density at radius 2 is 0.855 bits per heavy atom. The predicted molar refractivity (Wildman–Crippen MR) is 270 cm³/mol. The van der Waals surface area contributed by atoms with Crippen molar-refractivity contribution in [2.24, 2.45) is 10.2 Å². The summed E-state index contributed by atoms with van der Waals surface area (Å²) in [5.74, 6) is 2.42. The summed E-state index contributed by atoms with van der Waals surface area (Å²) >= 11 is 0. The molecule has 0 spiro atoms. The molecule has 0 unspecified atom stereocenters. The van der Waals surface area contributed by atoms with E-state index in [1.807, 2.05) is 34.1 Å². The lowest BCUT2D eigenvalue weighted by Gasteiger charge is -2.37. The number of nitrogens with zero attached hydrogens (tertiary/aromatic N) is 14. The molecule has 10 rings (SSSR count). The molecule has 18 nitrogen and oxygen atoms in total. The molecule has 2 aromatic heterocycles. The normalized spacial score (nSPS) is 20.2. The number of amides is 2. The van der Waals surface area contributed by atoms with E-state index in [1.165, 1.54) is 11.1 Å². The van der Waals surface area contributed by atoms with Gasteiger partial charge < -0.3 is 29.1 Å². The van der Waals surface area contributed by atoms with Crippen LogP contribution < -0.4 is 9.47 Å². The summed E-state index contributed by atoms with van der Waals surface area (Å²) < 4.78 is 93.2. The zero-order chi connectivity index (χ0) is 53.7. The quantitative estimate of drug-likeness (QED) is 0.161. The Morgan fingerprint density at radius 1 is 0.513 bits per heavy atom. The predicted octanol–water partition coefficient (Wildman–Crippen LogP) is 6.43. The van der Waals surface area contributed by atoms with Gasteiger partial charge in [-0.2, -0.15) is 45.9 Å². The molecule has 4 fully saturated rings. The number of aromatic nitrogens is 6. The molecular formula is C52H68F6N14O4. The zero-order valence-electron chi connectivity index (χ0n) is 43.6. The highest BCUT2D eigenvalue weighted by Gasteiger charge is 2.41. The largest absolute Gasteiger partial charge is 0.492 e. The lowest BCUT2D eigenvalue weighted by Crippen LogP contribution is -2.52. The molecule has 0 bridgehead atoms. The number of carbonyl (C=O) groups excluding carboxylic acids is 2. The number of amidine groups is 2. The van der Waals surface area contributed by atoms with E-state index in [1.54, 1.807) is 13.8 Å². The SMILES string of the molecule is CC(=O)N1CCN([C@@H](C)COc2ccc(C3CCN(C4=Nn5c(nnc5C(F)(F)F)CC4)CC3)cc2)CC1.CC(=O)N1CCN([C@H](C)COc2ccc(C3CCN(C4=Nn5c(nnc5C(F)(F)F)CC4)CC3)cc2)CC1. The van der Waals surface area contributed by atoms with Gasteiger partial charge in [-0.25, -0.2) is 0 Å². The van der Waals surface area contributed by atoms with Gasteiger partial charge in [0.2, 0.25) is 11.8 Å². The van der Waals surface area contributed by atoms with Gasteiger partial charge in [0, 0.05) is 130 Å². The van der Waals surface area contributed by atoms with Gasteiger partial charge in [0.1, 0.15) is 36.4 Å². The Morgan fingerprint density at radius 3 is 1.17 bits per heavy atom. The van der Waals surface area contributed by atoms with Crippen LogP contribution >= 0.6 is 0 Å². The topological polar surface area (TPSA) is 158 Å². The second kappa shape index (κ2) is 23.5. The smallest absolute Gasteiger partial charge is 0.453 e. The summed E-state index contributed by atoms with van der Waals surface area (Å²) in [4.78, 5) is 35.7. The van der Waals surface area contributed by atoms with Gasteiger partial charge in [-0.15, -0.1) is 20.4 Å². The molecule has 412 valence electrons. The molecule has 0 N–H and O–H groups in total. The number of piperidine rings is 2. The maximum Gasteiger partial charge on any atom is 0.453 e. The first-order chi connectivity index (χ1) is 36.4. The van der Waals surface area contributed by atoms with Gasteiger partial charge in [-0.05, 0) is 86.8 Å². The number of fused-ring (bicyclic) bond motifs is 2. The van der Waals surface area contributed by atoms with E-state index in [2.05, 4.69) is 88.3 Å². The molecule has 0 aliphatic carbocycles. The van der Waals surface area contributed by atoms with E-state index in [0.29, 0.717) is 62.4 Å². The second-order valence-corrected chi connectivity index (χ2v) is 20.6. The first-order valence-corrected chi connectivity index (χ1v) is 26.5. The molecule has 24 heteroatoms. The van der Waals surface area contributed by atoms with Crippen LogP contribution in [0.25, 0.3) is 0 Å². The van der Waals surface area contributed by atoms with Crippen LogP contribution in [0.4, 0.5) is 26.3 Å². The van der Waals surface area contributed by atoms with Crippen molar-refractivity contribution in [3.8, 4) is 11.5 Å². The van der Waals surface area contributed by atoms with Gasteiger partial charge in [-0.3, -0.25) is 19.4 Å². The fraction of sp³-hybridized carbons (Fsp3) is 0.615. The molecular weight excluding hydrogens is 999 g/mol. The maximum absolute atomic E-state index is 13.2. The summed E-state index contributed by atoms with van der Waals surface area (Å²) in [5.41, 5.74) is 2.49. The Bertz CT molecular complexity index is 2480. The van der Waals surface area contributed by atoms with Crippen LogP contribution in [-0.2, 0) is 34.8 Å². The lowest BCUT2D eigenvalue weighted by atomic mass is 9.89. The number of hydrogen-bond acceptors (Lipinski definition) is 14. The van der Waals surface area contributed by atoms with Crippen molar-refractivity contribution >= 4 is 23.5 Å². The summed E-state index contributed by atoms with van der Waals surface area (Å²) in [6.45, 7) is 18.2. The van der Waals surface area contributed by atoms with Crippen LogP contribution in [0, 0.1) is 0 Å². The zero-order valence-corrected chi connectivity index (χ0v) is 43.6. The van der Waals surface area contributed by atoms with E-state index < -0.39 is 24.0 Å². The summed E-state index contributed by atoms with van der Waals surface area (Å²) in [6, 6.07) is 17.0. The minimum atomic E-state index is -4.58. The Labute approximate surface area is 438 Å². The number of carbonyl (C=O) groups is 2. The van der Waals surface area contributed by atoms with Crippen molar-refractivity contribution in [2.75, 3.05) is 91.8 Å². The molecule has 8 heterocycles. The third-order valence-corrected chi connectivity index (χ3v) is 15.7. The average Bonchev–Trinajstić information content (AvgIpc) is 4.08. The molecule has 76 heavy (non-hydrogen) atoms. The molecule has 0 saturated carbocycles. The van der Waals surface area contributed by atoms with Crippen LogP contribution in [0.15, 0.2) is 58.7 Å². The number of hydrogen-bond donors (Lipinski definition) is 0. The second-order valence-electron chi connectivity index (χ2n) is 20.6. The fourth-order valence-corrected chi connectivity index (χ4v) is 10.9. The summed E-state index contributed by atoms with van der Waals surface area (Å²) in [6.07, 6.45) is -3.60. The van der Waals surface area contributed by atoms with E-state index in [9.17, 15) is 35.9 Å². The van der Waals surface area contributed by atoms with Crippen LogP contribution in [-0.4, -0.2) is 186 Å². The van der Waals surface area contributed by atoms with Crippen molar-refractivity contribution in [3.63, 3.8) is 0 Å². The number of rotatable bonds is 10. The van der Waals surface area contributed by atoms with Crippen molar-refractivity contribution < 1.29 is 45.4 Å². The number of halogens is 6. The fourth-order valence-electron chi connectivity index (χ4n) is 10.9. The molecule has 0 radical (unpaired) electrons. The highest BCUT2D eigenvalue weighted by Crippen LogP contribution is 2.35. The Balaban J connectivity index is 0.000000186. The van der Waals surface area contributed by atoms with Crippen molar-refractivity contribution in [3.05, 3.63) is 83.0 Å². The van der Waals surface area contributed by atoms with Gasteiger partial charge in [0.05, 0.1) is 0 Å². The van der Waals surface area contributed by atoms with Crippen LogP contribution in [0.2, 0.25) is 0 Å². The third-order valence-electron chi connectivity index (χ3n) is 15.7. The van der Waals surface area contributed by atoms with E-state index >= 15 is 0 Å². The van der Waals surface area contributed by atoms with Crippen LogP contribution in [0.1, 0.15) is 112 Å². The molecule has 2 aromatic carbocycles. The molecule has 2 amide bonds.